The highest BCUT2D eigenvalue weighted by molar-refractivity contribution is 5.92. The molecule has 1 saturated carbocycles. The van der Waals surface area contributed by atoms with Crippen molar-refractivity contribution >= 4 is 10.8 Å². The fourth-order valence-corrected chi connectivity index (χ4v) is 2.95. The highest BCUT2D eigenvalue weighted by Crippen LogP contribution is 2.51. The minimum Gasteiger partial charge on any atom is -0.496 e. The molecule has 100 valence electrons. The van der Waals surface area contributed by atoms with Gasteiger partial charge in [0.05, 0.1) is 12.6 Å². The lowest BCUT2D eigenvalue weighted by Gasteiger charge is -2.45. The molecule has 0 saturated heterocycles. The highest BCUT2D eigenvalue weighted by atomic mass is 19.3. The van der Waals surface area contributed by atoms with E-state index < -0.39 is 11.5 Å². The molecule has 0 aliphatic heterocycles. The average Bonchev–Trinajstić information content (AvgIpc) is 2.35. The number of ether oxygens (including phenoxy) is 1. The van der Waals surface area contributed by atoms with Crippen LogP contribution in [0.1, 0.15) is 18.4 Å². The first-order valence-corrected chi connectivity index (χ1v) is 6.18. The quantitative estimate of drug-likeness (QED) is 0.901. The van der Waals surface area contributed by atoms with Gasteiger partial charge in [-0.25, -0.2) is 8.78 Å². The Bertz CT molecular complexity index is 631. The lowest BCUT2D eigenvalue weighted by molar-refractivity contribution is -0.124. The van der Waals surface area contributed by atoms with Crippen LogP contribution in [0.2, 0.25) is 0 Å². The van der Waals surface area contributed by atoms with Crippen molar-refractivity contribution in [3.63, 3.8) is 0 Å². The van der Waals surface area contributed by atoms with E-state index in [1.54, 1.807) is 19.2 Å². The third kappa shape index (κ3) is 1.87. The van der Waals surface area contributed by atoms with Gasteiger partial charge in [0.15, 0.2) is 0 Å². The molecule has 0 amide bonds. The van der Waals surface area contributed by atoms with E-state index in [0.717, 1.165) is 22.1 Å². The molecule has 0 radical (unpaired) electrons. The van der Waals surface area contributed by atoms with Crippen molar-refractivity contribution in [3.8, 4) is 5.75 Å². The molecule has 0 heterocycles. The molecule has 2 N–H and O–H groups in total. The van der Waals surface area contributed by atoms with Gasteiger partial charge < -0.3 is 10.5 Å². The molecular weight excluding hydrogens is 248 g/mol. The molecule has 0 unspecified atom stereocenters. The second-order valence-corrected chi connectivity index (χ2v) is 5.23. The molecule has 0 atom stereocenters. The first-order chi connectivity index (χ1) is 8.95. The summed E-state index contributed by atoms with van der Waals surface area (Å²) in [6.45, 7) is 0. The monoisotopic (exact) mass is 263 g/mol. The van der Waals surface area contributed by atoms with E-state index in [1.807, 2.05) is 24.3 Å². The number of hydrogen-bond acceptors (Lipinski definition) is 2. The van der Waals surface area contributed by atoms with Gasteiger partial charge in [0.25, 0.3) is 5.92 Å². The number of fused-ring (bicyclic) bond motifs is 1. The molecule has 19 heavy (non-hydrogen) atoms. The summed E-state index contributed by atoms with van der Waals surface area (Å²) >= 11 is 0. The van der Waals surface area contributed by atoms with Crippen molar-refractivity contribution in [2.45, 2.75) is 24.3 Å². The number of benzene rings is 2. The van der Waals surface area contributed by atoms with Gasteiger partial charge in [-0.3, -0.25) is 0 Å². The molecule has 0 spiro atoms. The number of rotatable bonds is 2. The van der Waals surface area contributed by atoms with E-state index in [0.29, 0.717) is 0 Å². The lowest BCUT2D eigenvalue weighted by Crippen LogP contribution is -2.55. The van der Waals surface area contributed by atoms with E-state index in [1.165, 1.54) is 0 Å². The topological polar surface area (TPSA) is 35.2 Å². The van der Waals surface area contributed by atoms with Crippen LogP contribution in [0.15, 0.2) is 36.4 Å². The van der Waals surface area contributed by atoms with Crippen molar-refractivity contribution in [3.05, 3.63) is 42.0 Å². The SMILES string of the molecule is COc1ccc(C2(N)CC(F)(F)C2)c2ccccc12. The Morgan fingerprint density at radius 1 is 1.05 bits per heavy atom. The Morgan fingerprint density at radius 3 is 2.26 bits per heavy atom. The average molecular weight is 263 g/mol. The van der Waals surface area contributed by atoms with Crippen LogP contribution in [0, 0.1) is 0 Å². The van der Waals surface area contributed by atoms with Crippen LogP contribution in [0.4, 0.5) is 8.78 Å². The maximum atomic E-state index is 13.2. The summed E-state index contributed by atoms with van der Waals surface area (Å²) < 4.78 is 31.6. The molecule has 0 bridgehead atoms. The number of methoxy groups -OCH3 is 1. The van der Waals surface area contributed by atoms with E-state index in [4.69, 9.17) is 10.5 Å². The molecule has 1 aliphatic carbocycles. The van der Waals surface area contributed by atoms with E-state index >= 15 is 0 Å². The molecule has 2 aromatic carbocycles. The maximum absolute atomic E-state index is 13.2. The number of hydrogen-bond donors (Lipinski definition) is 1. The van der Waals surface area contributed by atoms with Crippen LogP contribution >= 0.6 is 0 Å². The van der Waals surface area contributed by atoms with Crippen molar-refractivity contribution in [1.82, 2.24) is 0 Å². The van der Waals surface area contributed by atoms with E-state index in [9.17, 15) is 8.78 Å². The Morgan fingerprint density at radius 2 is 1.68 bits per heavy atom. The van der Waals surface area contributed by atoms with Gasteiger partial charge in [0, 0.05) is 18.2 Å². The van der Waals surface area contributed by atoms with Gasteiger partial charge in [-0.1, -0.05) is 30.3 Å². The second kappa shape index (κ2) is 3.90. The summed E-state index contributed by atoms with van der Waals surface area (Å²) in [6.07, 6.45) is -0.591. The third-order valence-corrected chi connectivity index (χ3v) is 3.79. The zero-order chi connectivity index (χ0) is 13.7. The van der Waals surface area contributed by atoms with Gasteiger partial charge in [-0.2, -0.15) is 0 Å². The molecule has 2 aromatic rings. The summed E-state index contributed by atoms with van der Waals surface area (Å²) in [5, 5.41) is 1.79. The normalized spacial score (nSPS) is 20.0. The maximum Gasteiger partial charge on any atom is 0.252 e. The Hall–Kier alpha value is -1.68. The van der Waals surface area contributed by atoms with Crippen LogP contribution in [-0.2, 0) is 5.54 Å². The van der Waals surface area contributed by atoms with Gasteiger partial charge >= 0.3 is 0 Å². The minimum atomic E-state index is -2.64. The van der Waals surface area contributed by atoms with E-state index in [-0.39, 0.29) is 12.8 Å². The summed E-state index contributed by atoms with van der Waals surface area (Å²) in [5.41, 5.74) is 5.97. The zero-order valence-corrected chi connectivity index (χ0v) is 10.6. The van der Waals surface area contributed by atoms with Crippen molar-refractivity contribution in [2.75, 3.05) is 7.11 Å². The zero-order valence-electron chi connectivity index (χ0n) is 10.6. The summed E-state index contributed by atoms with van der Waals surface area (Å²) in [4.78, 5) is 0. The molecule has 0 aromatic heterocycles. The Balaban J connectivity index is 2.16. The van der Waals surface area contributed by atoms with Crippen LogP contribution in [0.5, 0.6) is 5.75 Å². The number of nitrogens with two attached hydrogens (primary N) is 1. The first-order valence-electron chi connectivity index (χ1n) is 6.18. The van der Waals surface area contributed by atoms with Crippen molar-refractivity contribution in [1.29, 1.82) is 0 Å². The summed E-state index contributed by atoms with van der Waals surface area (Å²) in [5.74, 6) is -1.91. The molecule has 4 heteroatoms. The van der Waals surface area contributed by atoms with Crippen molar-refractivity contribution < 1.29 is 13.5 Å². The van der Waals surface area contributed by atoms with Gasteiger partial charge in [-0.15, -0.1) is 0 Å². The second-order valence-electron chi connectivity index (χ2n) is 5.23. The molecule has 2 nitrogen and oxygen atoms in total. The van der Waals surface area contributed by atoms with E-state index in [2.05, 4.69) is 0 Å². The summed E-state index contributed by atoms with van der Waals surface area (Å²) in [7, 11) is 1.59. The Kier molecular flexibility index (Phi) is 2.54. The standard InChI is InChI=1S/C15H15F2NO/c1-19-13-7-6-12(10-4-2-3-5-11(10)13)14(18)8-15(16,17)9-14/h2-7H,8-9,18H2,1H3. The molecule has 1 aliphatic rings. The predicted molar refractivity (Wildman–Crippen MR) is 70.5 cm³/mol. The Labute approximate surface area is 110 Å². The van der Waals surface area contributed by atoms with Crippen LogP contribution < -0.4 is 10.5 Å². The number of halogens is 2. The third-order valence-electron chi connectivity index (χ3n) is 3.79. The fraction of sp³-hybridized carbons (Fsp3) is 0.333. The minimum absolute atomic E-state index is 0.295. The van der Waals surface area contributed by atoms with Crippen molar-refractivity contribution in [2.24, 2.45) is 5.73 Å². The lowest BCUT2D eigenvalue weighted by atomic mass is 9.68. The van der Waals surface area contributed by atoms with Crippen LogP contribution in [-0.4, -0.2) is 13.0 Å². The molecule has 3 rings (SSSR count). The number of alkyl halides is 2. The molecular formula is C15H15F2NO. The summed E-state index contributed by atoms with van der Waals surface area (Å²) in [6, 6.07) is 11.2. The highest BCUT2D eigenvalue weighted by Gasteiger charge is 2.55. The van der Waals surface area contributed by atoms with Crippen LogP contribution in [0.25, 0.3) is 10.8 Å². The smallest absolute Gasteiger partial charge is 0.252 e. The van der Waals surface area contributed by atoms with Gasteiger partial charge in [0.2, 0.25) is 0 Å². The molecule has 1 fully saturated rings. The van der Waals surface area contributed by atoms with Crippen LogP contribution in [0.3, 0.4) is 0 Å². The predicted octanol–water partition coefficient (Wildman–Crippen LogP) is 3.43. The fourth-order valence-electron chi connectivity index (χ4n) is 2.95. The largest absolute Gasteiger partial charge is 0.496 e. The first kappa shape index (κ1) is 12.4. The van der Waals surface area contributed by atoms with Gasteiger partial charge in [-0.05, 0) is 17.0 Å². The van der Waals surface area contributed by atoms with Gasteiger partial charge in [0.1, 0.15) is 5.75 Å².